The first-order chi connectivity index (χ1) is 10.0. The molecule has 0 bridgehead atoms. The lowest BCUT2D eigenvalue weighted by atomic mass is 10.1. The van der Waals surface area contributed by atoms with Gasteiger partial charge in [-0.1, -0.05) is 17.7 Å². The zero-order valence-corrected chi connectivity index (χ0v) is 12.5. The molecule has 0 atom stereocenters. The number of halogens is 1. The molecule has 0 unspecified atom stereocenters. The van der Waals surface area contributed by atoms with Crippen LogP contribution in [0.2, 0.25) is 5.02 Å². The summed E-state index contributed by atoms with van der Waals surface area (Å²) in [5, 5.41) is 9.51. The molecule has 0 radical (unpaired) electrons. The summed E-state index contributed by atoms with van der Waals surface area (Å²) < 4.78 is 4.96. The largest absolute Gasteiger partial charge is 0.478 e. The Morgan fingerprint density at radius 1 is 1.29 bits per heavy atom. The molecule has 1 amide bonds. The van der Waals surface area contributed by atoms with Crippen molar-refractivity contribution >= 4 is 29.4 Å². The number of benzene rings is 1. The summed E-state index contributed by atoms with van der Waals surface area (Å²) in [7, 11) is 0. The number of aromatic carboxylic acids is 1. The normalized spacial score (nSPS) is 15.0. The summed E-state index contributed by atoms with van der Waals surface area (Å²) in [6.45, 7) is 4.17. The van der Waals surface area contributed by atoms with Crippen molar-refractivity contribution in [3.8, 4) is 0 Å². The van der Waals surface area contributed by atoms with Gasteiger partial charge >= 0.3 is 12.1 Å². The fraction of sp³-hybridized carbons (Fsp3) is 0.429. The van der Waals surface area contributed by atoms with Crippen LogP contribution in [-0.2, 0) is 4.74 Å². The molecule has 2 rings (SSSR count). The number of carboxylic acid groups (broad SMARTS) is 1. The molecule has 7 heteroatoms. The number of carbonyl (C=O) groups excluding carboxylic acids is 1. The number of amides is 1. The molecule has 1 saturated heterocycles. The second-order valence-corrected chi connectivity index (χ2v) is 5.02. The van der Waals surface area contributed by atoms with Gasteiger partial charge in [-0.05, 0) is 19.1 Å². The van der Waals surface area contributed by atoms with Gasteiger partial charge in [0.1, 0.15) is 5.56 Å². The van der Waals surface area contributed by atoms with E-state index < -0.39 is 5.97 Å². The van der Waals surface area contributed by atoms with Crippen LogP contribution >= 0.6 is 11.6 Å². The fourth-order valence-electron chi connectivity index (χ4n) is 2.33. The summed E-state index contributed by atoms with van der Waals surface area (Å²) >= 11 is 5.97. The Kier molecular flexibility index (Phi) is 4.90. The SMILES string of the molecule is CCOC(=O)N1CCN(c2cccc(Cl)c2C(=O)O)CC1. The van der Waals surface area contributed by atoms with Gasteiger partial charge < -0.3 is 19.6 Å². The first kappa shape index (κ1) is 15.4. The Morgan fingerprint density at radius 3 is 2.52 bits per heavy atom. The molecule has 114 valence electrons. The lowest BCUT2D eigenvalue weighted by Crippen LogP contribution is -2.49. The van der Waals surface area contributed by atoms with Crippen molar-refractivity contribution in [1.82, 2.24) is 4.90 Å². The van der Waals surface area contributed by atoms with Crippen LogP contribution in [0.4, 0.5) is 10.5 Å². The van der Waals surface area contributed by atoms with E-state index >= 15 is 0 Å². The van der Waals surface area contributed by atoms with Gasteiger partial charge in [-0.15, -0.1) is 0 Å². The number of carbonyl (C=O) groups is 2. The zero-order valence-electron chi connectivity index (χ0n) is 11.7. The number of piperazine rings is 1. The monoisotopic (exact) mass is 312 g/mol. The lowest BCUT2D eigenvalue weighted by molar-refractivity contribution is 0.0696. The minimum Gasteiger partial charge on any atom is -0.478 e. The predicted octanol–water partition coefficient (Wildman–Crippen LogP) is 2.32. The van der Waals surface area contributed by atoms with Crippen molar-refractivity contribution < 1.29 is 19.4 Å². The molecular weight excluding hydrogens is 296 g/mol. The van der Waals surface area contributed by atoms with Crippen LogP contribution in [0, 0.1) is 0 Å². The molecule has 0 aromatic heterocycles. The molecule has 1 aromatic carbocycles. The number of hydrogen-bond acceptors (Lipinski definition) is 4. The smallest absolute Gasteiger partial charge is 0.409 e. The number of carboxylic acids is 1. The summed E-state index contributed by atoms with van der Waals surface area (Å²) in [5.41, 5.74) is 0.683. The van der Waals surface area contributed by atoms with E-state index in [0.29, 0.717) is 38.5 Å². The molecule has 1 aliphatic heterocycles. The van der Waals surface area contributed by atoms with Crippen LogP contribution in [0.3, 0.4) is 0 Å². The highest BCUT2D eigenvalue weighted by Gasteiger charge is 2.25. The summed E-state index contributed by atoms with van der Waals surface area (Å²) in [4.78, 5) is 26.5. The maximum atomic E-state index is 11.6. The van der Waals surface area contributed by atoms with Gasteiger partial charge in [-0.25, -0.2) is 9.59 Å². The highest BCUT2D eigenvalue weighted by molar-refractivity contribution is 6.34. The Bertz CT molecular complexity index is 542. The number of rotatable bonds is 3. The van der Waals surface area contributed by atoms with E-state index in [2.05, 4.69) is 0 Å². The van der Waals surface area contributed by atoms with E-state index in [0.717, 1.165) is 0 Å². The van der Waals surface area contributed by atoms with Crippen LogP contribution in [0.1, 0.15) is 17.3 Å². The standard InChI is InChI=1S/C14H17ClN2O4/c1-2-21-14(20)17-8-6-16(7-9-17)11-5-3-4-10(15)12(11)13(18)19/h3-5H,2,6-9H2,1H3,(H,18,19). The van der Waals surface area contributed by atoms with Gasteiger partial charge in [0.15, 0.2) is 0 Å². The molecular formula is C14H17ClN2O4. The molecule has 1 fully saturated rings. The molecule has 6 nitrogen and oxygen atoms in total. The summed E-state index contributed by atoms with van der Waals surface area (Å²) in [6.07, 6.45) is -0.332. The van der Waals surface area contributed by atoms with Crippen molar-refractivity contribution in [3.05, 3.63) is 28.8 Å². The van der Waals surface area contributed by atoms with Gasteiger partial charge in [0.05, 0.1) is 17.3 Å². The minimum atomic E-state index is -1.05. The lowest BCUT2D eigenvalue weighted by Gasteiger charge is -2.36. The van der Waals surface area contributed by atoms with Gasteiger partial charge in [0, 0.05) is 26.2 Å². The molecule has 1 heterocycles. The van der Waals surface area contributed by atoms with E-state index in [4.69, 9.17) is 16.3 Å². The Hall–Kier alpha value is -1.95. The third kappa shape index (κ3) is 3.39. The molecule has 1 aromatic rings. The first-order valence-electron chi connectivity index (χ1n) is 6.73. The number of ether oxygens (including phenoxy) is 1. The highest BCUT2D eigenvalue weighted by Crippen LogP contribution is 2.28. The van der Waals surface area contributed by atoms with Crippen LogP contribution in [0.25, 0.3) is 0 Å². The van der Waals surface area contributed by atoms with Crippen LogP contribution in [0.15, 0.2) is 18.2 Å². The first-order valence-corrected chi connectivity index (χ1v) is 7.10. The average molecular weight is 313 g/mol. The van der Waals surface area contributed by atoms with Crippen molar-refractivity contribution in [2.75, 3.05) is 37.7 Å². The predicted molar refractivity (Wildman–Crippen MR) is 79.2 cm³/mol. The summed E-state index contributed by atoms with van der Waals surface area (Å²) in [5.74, 6) is -1.05. The van der Waals surface area contributed by atoms with Gasteiger partial charge in [0.25, 0.3) is 0 Å². The van der Waals surface area contributed by atoms with Crippen molar-refractivity contribution in [2.24, 2.45) is 0 Å². The quantitative estimate of drug-likeness (QED) is 0.927. The van der Waals surface area contributed by atoms with E-state index in [1.54, 1.807) is 30.0 Å². The zero-order chi connectivity index (χ0) is 15.4. The van der Waals surface area contributed by atoms with Gasteiger partial charge in [0.2, 0.25) is 0 Å². The number of anilines is 1. The topological polar surface area (TPSA) is 70.1 Å². The molecule has 0 spiro atoms. The molecule has 1 N–H and O–H groups in total. The van der Waals surface area contributed by atoms with E-state index in [1.165, 1.54) is 0 Å². The van der Waals surface area contributed by atoms with E-state index in [1.807, 2.05) is 4.90 Å². The number of nitrogens with zero attached hydrogens (tertiary/aromatic N) is 2. The van der Waals surface area contributed by atoms with Crippen LogP contribution in [0.5, 0.6) is 0 Å². The van der Waals surface area contributed by atoms with Crippen molar-refractivity contribution in [1.29, 1.82) is 0 Å². The van der Waals surface area contributed by atoms with Gasteiger partial charge in [-0.3, -0.25) is 0 Å². The summed E-state index contributed by atoms with van der Waals surface area (Å²) in [6, 6.07) is 5.01. The Balaban J connectivity index is 2.11. The second kappa shape index (κ2) is 6.67. The van der Waals surface area contributed by atoms with E-state index in [9.17, 15) is 14.7 Å². The molecule has 1 aliphatic rings. The van der Waals surface area contributed by atoms with E-state index in [-0.39, 0.29) is 16.7 Å². The molecule has 21 heavy (non-hydrogen) atoms. The maximum Gasteiger partial charge on any atom is 0.409 e. The van der Waals surface area contributed by atoms with Crippen molar-refractivity contribution in [2.45, 2.75) is 6.92 Å². The maximum absolute atomic E-state index is 11.6. The highest BCUT2D eigenvalue weighted by atomic mass is 35.5. The third-order valence-electron chi connectivity index (χ3n) is 3.35. The second-order valence-electron chi connectivity index (χ2n) is 4.61. The van der Waals surface area contributed by atoms with Crippen LogP contribution in [-0.4, -0.2) is 54.9 Å². The Labute approximate surface area is 127 Å². The fourth-order valence-corrected chi connectivity index (χ4v) is 2.58. The van der Waals surface area contributed by atoms with Crippen LogP contribution < -0.4 is 4.90 Å². The third-order valence-corrected chi connectivity index (χ3v) is 3.67. The van der Waals surface area contributed by atoms with Crippen molar-refractivity contribution in [3.63, 3.8) is 0 Å². The molecule has 0 saturated carbocycles. The van der Waals surface area contributed by atoms with Gasteiger partial charge in [-0.2, -0.15) is 0 Å². The Morgan fingerprint density at radius 2 is 1.95 bits per heavy atom. The average Bonchev–Trinajstić information content (AvgIpc) is 2.47. The molecule has 0 aliphatic carbocycles. The number of hydrogen-bond donors (Lipinski definition) is 1. The minimum absolute atomic E-state index is 0.101.